The second-order valence-electron chi connectivity index (χ2n) is 6.86. The number of esters is 3. The Hall–Kier alpha value is -4.39. The lowest BCUT2D eigenvalue weighted by Crippen LogP contribution is -2.05. The largest absolute Gasteiger partial charge is 0.494 e. The number of carbonyl (C=O) groups excluding carboxylic acids is 3. The first-order chi connectivity index (χ1) is 17.4. The third-order valence-electron chi connectivity index (χ3n) is 4.22. The zero-order valence-corrected chi connectivity index (χ0v) is 20.7. The Balaban J connectivity index is 0.00000316. The number of rotatable bonds is 13. The molecule has 0 bridgehead atoms. The fourth-order valence-electron chi connectivity index (χ4n) is 2.50. The molecule has 0 aliphatic rings. The van der Waals surface area contributed by atoms with Gasteiger partial charge in [0.2, 0.25) is 0 Å². The van der Waals surface area contributed by atoms with Gasteiger partial charge in [-0.1, -0.05) is 51.8 Å². The van der Waals surface area contributed by atoms with E-state index >= 15 is 0 Å². The van der Waals surface area contributed by atoms with Crippen LogP contribution < -0.4 is 4.74 Å². The molecule has 0 atom stereocenters. The molecule has 0 aliphatic carbocycles. The van der Waals surface area contributed by atoms with E-state index in [1.54, 1.807) is 54.6 Å². The number of hydrogen-bond donors (Lipinski definition) is 0. The summed E-state index contributed by atoms with van der Waals surface area (Å²) in [6.45, 7) is 15.4. The molecule has 2 aromatic rings. The second kappa shape index (κ2) is 17.1. The number of hydrogen-bond acceptors (Lipinski definition) is 7. The summed E-state index contributed by atoms with van der Waals surface area (Å²) in [6.07, 6.45) is 5.24. The lowest BCUT2D eigenvalue weighted by atomic mass is 10.2. The smallest absolute Gasteiger partial charge is 0.343 e. The molecule has 0 radical (unpaired) electrons. The van der Waals surface area contributed by atoms with Crippen molar-refractivity contribution in [2.75, 3.05) is 13.2 Å². The molecule has 7 nitrogen and oxygen atoms in total. The van der Waals surface area contributed by atoms with Gasteiger partial charge in [0.15, 0.2) is 0 Å². The molecular formula is C29H32O7. The van der Waals surface area contributed by atoms with Crippen LogP contribution in [-0.4, -0.2) is 31.1 Å². The highest BCUT2D eigenvalue weighted by molar-refractivity contribution is 5.91. The molecule has 0 saturated heterocycles. The molecule has 2 rings (SSSR count). The van der Waals surface area contributed by atoms with Crippen LogP contribution in [0.5, 0.6) is 5.75 Å². The van der Waals surface area contributed by atoms with Gasteiger partial charge in [-0.05, 0) is 61.4 Å². The monoisotopic (exact) mass is 492 g/mol. The van der Waals surface area contributed by atoms with Gasteiger partial charge >= 0.3 is 17.9 Å². The van der Waals surface area contributed by atoms with Crippen molar-refractivity contribution in [3.63, 3.8) is 0 Å². The third-order valence-corrected chi connectivity index (χ3v) is 4.22. The topological polar surface area (TPSA) is 88.1 Å². The maximum atomic E-state index is 12.3. The van der Waals surface area contributed by atoms with Crippen molar-refractivity contribution >= 4 is 17.9 Å². The molecule has 0 N–H and O–H groups in total. The fraction of sp³-hybridized carbons (Fsp3) is 0.207. The molecular weight excluding hydrogens is 460 g/mol. The van der Waals surface area contributed by atoms with Crippen molar-refractivity contribution in [3.8, 4) is 5.75 Å². The maximum absolute atomic E-state index is 12.3. The summed E-state index contributed by atoms with van der Waals surface area (Å²) in [5.41, 5.74) is 0.705. The van der Waals surface area contributed by atoms with Gasteiger partial charge in [-0.25, -0.2) is 14.4 Å². The summed E-state index contributed by atoms with van der Waals surface area (Å²) in [7, 11) is 0. The zero-order chi connectivity index (χ0) is 26.8. The number of benzene rings is 2. The van der Waals surface area contributed by atoms with Gasteiger partial charge < -0.3 is 18.9 Å². The minimum Gasteiger partial charge on any atom is -0.494 e. The Morgan fingerprint density at radius 3 is 1.78 bits per heavy atom. The maximum Gasteiger partial charge on any atom is 0.343 e. The van der Waals surface area contributed by atoms with E-state index in [1.165, 1.54) is 12.2 Å². The molecule has 0 fully saturated rings. The van der Waals surface area contributed by atoms with E-state index in [0.29, 0.717) is 42.9 Å². The highest BCUT2D eigenvalue weighted by atomic mass is 16.5. The van der Waals surface area contributed by atoms with E-state index in [1.807, 2.05) is 13.8 Å². The molecule has 0 aromatic heterocycles. The van der Waals surface area contributed by atoms with E-state index in [0.717, 1.165) is 6.08 Å². The average molecular weight is 493 g/mol. The molecule has 190 valence electrons. The van der Waals surface area contributed by atoms with E-state index in [2.05, 4.69) is 19.7 Å². The van der Waals surface area contributed by atoms with Crippen LogP contribution in [0.25, 0.3) is 0 Å². The Labute approximate surface area is 212 Å². The first-order valence-corrected chi connectivity index (χ1v) is 11.5. The highest BCUT2D eigenvalue weighted by Crippen LogP contribution is 2.15. The van der Waals surface area contributed by atoms with Gasteiger partial charge in [0, 0.05) is 6.08 Å². The predicted octanol–water partition coefficient (Wildman–Crippen LogP) is 6.20. The molecule has 0 unspecified atom stereocenters. The van der Waals surface area contributed by atoms with Crippen LogP contribution in [0.2, 0.25) is 0 Å². The second-order valence-corrected chi connectivity index (χ2v) is 6.86. The van der Waals surface area contributed by atoms with E-state index in [9.17, 15) is 14.4 Å². The standard InChI is InChI=1S/C27H26O7.C2H6/c1-4-25(28)32-19-9-8-18-31-24-16-14-23(15-17-24)27(30)34-21(3)13-12-20(2)33-26(29)22-10-6-5-7-11-22;1-2/h4-7,10-17H,1-3,8-9,18-19H2;1-2H3/b13-12-;. The number of ether oxygens (including phenoxy) is 4. The minimum atomic E-state index is -0.600. The number of unbranched alkanes of at least 4 members (excludes halogenated alkanes) is 1. The first kappa shape index (κ1) is 29.6. The molecule has 0 amide bonds. The summed E-state index contributed by atoms with van der Waals surface area (Å²) in [5, 5.41) is 0. The summed E-state index contributed by atoms with van der Waals surface area (Å²) < 4.78 is 20.8. The number of allylic oxidation sites excluding steroid dienone is 2. The Bertz CT molecular complexity index is 1050. The first-order valence-electron chi connectivity index (χ1n) is 11.5. The van der Waals surface area contributed by atoms with Crippen LogP contribution in [0.3, 0.4) is 0 Å². The zero-order valence-electron chi connectivity index (χ0n) is 20.7. The van der Waals surface area contributed by atoms with Crippen molar-refractivity contribution in [1.82, 2.24) is 0 Å². The quantitative estimate of drug-likeness (QED) is 0.0821. The molecule has 0 spiro atoms. The van der Waals surface area contributed by atoms with Crippen LogP contribution >= 0.6 is 0 Å². The van der Waals surface area contributed by atoms with Crippen LogP contribution in [0.4, 0.5) is 0 Å². The fourth-order valence-corrected chi connectivity index (χ4v) is 2.50. The van der Waals surface area contributed by atoms with Gasteiger partial charge in [0.05, 0.1) is 24.3 Å². The lowest BCUT2D eigenvalue weighted by Gasteiger charge is -2.08. The summed E-state index contributed by atoms with van der Waals surface area (Å²) in [4.78, 5) is 35.2. The van der Waals surface area contributed by atoms with Crippen molar-refractivity contribution in [2.24, 2.45) is 0 Å². The normalized spacial score (nSPS) is 9.83. The molecule has 0 saturated carbocycles. The van der Waals surface area contributed by atoms with Crippen molar-refractivity contribution < 1.29 is 33.3 Å². The molecule has 0 heterocycles. The van der Waals surface area contributed by atoms with Crippen LogP contribution in [0, 0.1) is 0 Å². The van der Waals surface area contributed by atoms with Crippen LogP contribution in [-0.2, 0) is 19.0 Å². The molecule has 2 aromatic carbocycles. The van der Waals surface area contributed by atoms with Gasteiger partial charge in [-0.15, -0.1) is 0 Å². The van der Waals surface area contributed by atoms with Gasteiger partial charge in [0.25, 0.3) is 0 Å². The SMILES string of the molecule is C=CC(=O)OCCCCOc1ccc(C(=O)OC(=C)/C=C\C(=C)OC(=O)c2ccccc2)cc1.CC. The molecule has 36 heavy (non-hydrogen) atoms. The number of carbonyl (C=O) groups is 3. The highest BCUT2D eigenvalue weighted by Gasteiger charge is 2.10. The summed E-state index contributed by atoms with van der Waals surface area (Å²) in [6, 6.07) is 14.9. The van der Waals surface area contributed by atoms with E-state index in [4.69, 9.17) is 18.9 Å². The van der Waals surface area contributed by atoms with E-state index < -0.39 is 17.9 Å². The van der Waals surface area contributed by atoms with Crippen LogP contribution in [0.1, 0.15) is 47.4 Å². The average Bonchev–Trinajstić information content (AvgIpc) is 2.91. The third kappa shape index (κ3) is 11.7. The Morgan fingerprint density at radius 1 is 0.750 bits per heavy atom. The molecule has 7 heteroatoms. The Kier molecular flexibility index (Phi) is 14.1. The lowest BCUT2D eigenvalue weighted by molar-refractivity contribution is -0.137. The van der Waals surface area contributed by atoms with Crippen molar-refractivity contribution in [3.05, 3.63) is 115 Å². The Morgan fingerprint density at radius 2 is 1.25 bits per heavy atom. The van der Waals surface area contributed by atoms with E-state index in [-0.39, 0.29) is 11.5 Å². The van der Waals surface area contributed by atoms with Crippen molar-refractivity contribution in [1.29, 1.82) is 0 Å². The predicted molar refractivity (Wildman–Crippen MR) is 138 cm³/mol. The molecule has 0 aliphatic heterocycles. The van der Waals surface area contributed by atoms with Gasteiger partial charge in [-0.2, -0.15) is 0 Å². The van der Waals surface area contributed by atoms with Gasteiger partial charge in [0.1, 0.15) is 17.3 Å². The van der Waals surface area contributed by atoms with Crippen LogP contribution in [0.15, 0.2) is 104 Å². The summed E-state index contributed by atoms with van der Waals surface area (Å²) in [5.74, 6) is -0.868. The van der Waals surface area contributed by atoms with Gasteiger partial charge in [-0.3, -0.25) is 0 Å². The minimum absolute atomic E-state index is 0.0550. The van der Waals surface area contributed by atoms with Crippen molar-refractivity contribution in [2.45, 2.75) is 26.7 Å². The summed E-state index contributed by atoms with van der Waals surface area (Å²) >= 11 is 0.